The van der Waals surface area contributed by atoms with Crippen LogP contribution in [-0.2, 0) is 7.05 Å². The van der Waals surface area contributed by atoms with Gasteiger partial charge in [-0.25, -0.2) is 9.18 Å². The van der Waals surface area contributed by atoms with Crippen molar-refractivity contribution < 1.29 is 8.81 Å². The highest BCUT2D eigenvalue weighted by molar-refractivity contribution is 9.10. The molecule has 1 aromatic carbocycles. The van der Waals surface area contributed by atoms with E-state index in [1.807, 2.05) is 0 Å². The Morgan fingerprint density at radius 2 is 2.23 bits per heavy atom. The Kier molecular flexibility index (Phi) is 1.76. The standard InChI is InChI=1S/C8H5BrFNO2/c1-11-5-3-2-4(9)6(10)7(5)13-8(11)12/h2-3H,1H3. The van der Waals surface area contributed by atoms with Crippen LogP contribution in [0.5, 0.6) is 0 Å². The van der Waals surface area contributed by atoms with E-state index in [1.165, 1.54) is 17.7 Å². The van der Waals surface area contributed by atoms with Gasteiger partial charge >= 0.3 is 5.76 Å². The van der Waals surface area contributed by atoms with Crippen molar-refractivity contribution >= 4 is 27.0 Å². The van der Waals surface area contributed by atoms with Gasteiger partial charge in [-0.15, -0.1) is 0 Å². The van der Waals surface area contributed by atoms with Crippen molar-refractivity contribution in [1.82, 2.24) is 4.57 Å². The van der Waals surface area contributed by atoms with Crippen LogP contribution in [0.25, 0.3) is 11.1 Å². The van der Waals surface area contributed by atoms with Crippen molar-refractivity contribution in [3.05, 3.63) is 33.0 Å². The maximum absolute atomic E-state index is 13.3. The summed E-state index contributed by atoms with van der Waals surface area (Å²) in [5, 5.41) is 0. The topological polar surface area (TPSA) is 35.1 Å². The monoisotopic (exact) mass is 245 g/mol. The van der Waals surface area contributed by atoms with Gasteiger partial charge in [0.2, 0.25) is 0 Å². The summed E-state index contributed by atoms with van der Waals surface area (Å²) >= 11 is 3.00. The van der Waals surface area contributed by atoms with E-state index in [0.29, 0.717) is 5.52 Å². The average molecular weight is 246 g/mol. The third-order valence-corrected chi connectivity index (χ3v) is 2.47. The number of benzene rings is 1. The van der Waals surface area contributed by atoms with E-state index in [4.69, 9.17) is 4.42 Å². The minimum absolute atomic E-state index is 0.0122. The van der Waals surface area contributed by atoms with Gasteiger partial charge in [0.15, 0.2) is 11.4 Å². The summed E-state index contributed by atoms with van der Waals surface area (Å²) in [4.78, 5) is 11.0. The first kappa shape index (κ1) is 8.50. The molecule has 1 aromatic heterocycles. The van der Waals surface area contributed by atoms with Gasteiger partial charge in [0, 0.05) is 7.05 Å². The zero-order valence-corrected chi connectivity index (χ0v) is 8.26. The Hall–Kier alpha value is -1.10. The van der Waals surface area contributed by atoms with Crippen LogP contribution in [0.1, 0.15) is 0 Å². The van der Waals surface area contributed by atoms with Gasteiger partial charge in [-0.2, -0.15) is 0 Å². The number of halogens is 2. The zero-order valence-electron chi connectivity index (χ0n) is 6.67. The maximum Gasteiger partial charge on any atom is 0.419 e. The molecule has 0 N–H and O–H groups in total. The molecule has 0 saturated heterocycles. The van der Waals surface area contributed by atoms with Crippen LogP contribution in [0, 0.1) is 5.82 Å². The van der Waals surface area contributed by atoms with Crippen LogP contribution in [0.15, 0.2) is 25.8 Å². The second-order valence-corrected chi connectivity index (χ2v) is 3.49. The second-order valence-electron chi connectivity index (χ2n) is 2.64. The van der Waals surface area contributed by atoms with Gasteiger partial charge in [-0.05, 0) is 28.1 Å². The molecular weight excluding hydrogens is 241 g/mol. The van der Waals surface area contributed by atoms with Crippen molar-refractivity contribution in [2.45, 2.75) is 0 Å². The van der Waals surface area contributed by atoms with E-state index < -0.39 is 11.6 Å². The smallest absolute Gasteiger partial charge is 0.404 e. The number of rotatable bonds is 0. The van der Waals surface area contributed by atoms with Gasteiger partial charge in [0.25, 0.3) is 0 Å². The summed E-state index contributed by atoms with van der Waals surface area (Å²) < 4.78 is 19.6. The fraction of sp³-hybridized carbons (Fsp3) is 0.125. The van der Waals surface area contributed by atoms with Crippen LogP contribution in [0.2, 0.25) is 0 Å². The normalized spacial score (nSPS) is 11.0. The molecule has 0 aliphatic heterocycles. The summed E-state index contributed by atoms with van der Waals surface area (Å²) in [5.74, 6) is -1.11. The third kappa shape index (κ3) is 1.11. The molecule has 0 atom stereocenters. The van der Waals surface area contributed by atoms with Crippen molar-refractivity contribution in [1.29, 1.82) is 0 Å². The number of fused-ring (bicyclic) bond motifs is 1. The summed E-state index contributed by atoms with van der Waals surface area (Å²) in [6.45, 7) is 0. The molecule has 0 amide bonds. The molecule has 0 radical (unpaired) electrons. The summed E-state index contributed by atoms with van der Waals surface area (Å²) in [5.41, 5.74) is 0.438. The minimum atomic E-state index is -0.563. The second kappa shape index (κ2) is 2.70. The number of nitrogens with zero attached hydrogens (tertiary/aromatic N) is 1. The Labute approximate surface area is 80.9 Å². The van der Waals surface area contributed by atoms with Gasteiger partial charge in [-0.1, -0.05) is 0 Å². The van der Waals surface area contributed by atoms with Crippen molar-refractivity contribution in [3.63, 3.8) is 0 Å². The molecule has 0 bridgehead atoms. The first-order valence-electron chi connectivity index (χ1n) is 3.55. The molecular formula is C8H5BrFNO2. The highest BCUT2D eigenvalue weighted by Crippen LogP contribution is 2.23. The van der Waals surface area contributed by atoms with E-state index in [9.17, 15) is 9.18 Å². The molecule has 2 rings (SSSR count). The quantitative estimate of drug-likeness (QED) is 0.712. The van der Waals surface area contributed by atoms with Crippen molar-refractivity contribution in [3.8, 4) is 0 Å². The van der Waals surface area contributed by atoms with E-state index in [1.54, 1.807) is 6.07 Å². The molecule has 0 aliphatic carbocycles. The van der Waals surface area contributed by atoms with Crippen LogP contribution in [0.3, 0.4) is 0 Å². The van der Waals surface area contributed by atoms with Gasteiger partial charge in [-0.3, -0.25) is 4.57 Å². The van der Waals surface area contributed by atoms with Gasteiger partial charge in [0.1, 0.15) is 0 Å². The molecule has 13 heavy (non-hydrogen) atoms. The van der Waals surface area contributed by atoms with E-state index in [2.05, 4.69) is 15.9 Å². The first-order valence-corrected chi connectivity index (χ1v) is 4.34. The van der Waals surface area contributed by atoms with Crippen LogP contribution >= 0.6 is 15.9 Å². The zero-order chi connectivity index (χ0) is 9.59. The minimum Gasteiger partial charge on any atom is -0.404 e. The van der Waals surface area contributed by atoms with Crippen LogP contribution < -0.4 is 5.76 Å². The summed E-state index contributed by atoms with van der Waals surface area (Å²) in [6, 6.07) is 3.15. The first-order chi connectivity index (χ1) is 6.11. The number of hydrogen-bond donors (Lipinski definition) is 0. The van der Waals surface area contributed by atoms with Crippen LogP contribution in [0.4, 0.5) is 4.39 Å². The van der Waals surface area contributed by atoms with Gasteiger partial charge in [0.05, 0.1) is 9.99 Å². The molecule has 0 unspecified atom stereocenters. The Morgan fingerprint density at radius 1 is 1.54 bits per heavy atom. The Morgan fingerprint density at radius 3 is 2.92 bits per heavy atom. The van der Waals surface area contributed by atoms with Crippen LogP contribution in [-0.4, -0.2) is 4.57 Å². The Balaban J connectivity index is 3.03. The maximum atomic E-state index is 13.3. The number of hydrogen-bond acceptors (Lipinski definition) is 2. The molecule has 0 aliphatic rings. The fourth-order valence-corrected chi connectivity index (χ4v) is 1.45. The number of oxazole rings is 1. The number of aryl methyl sites for hydroxylation is 1. The lowest BCUT2D eigenvalue weighted by Crippen LogP contribution is -2.08. The molecule has 2 aromatic rings. The summed E-state index contributed by atoms with van der Waals surface area (Å²) in [7, 11) is 1.53. The molecule has 3 nitrogen and oxygen atoms in total. The van der Waals surface area contributed by atoms with E-state index >= 15 is 0 Å². The highest BCUT2D eigenvalue weighted by Gasteiger charge is 2.12. The predicted molar refractivity (Wildman–Crippen MR) is 49.1 cm³/mol. The Bertz CT molecular complexity index is 529. The molecule has 5 heteroatoms. The van der Waals surface area contributed by atoms with E-state index in [0.717, 1.165) is 0 Å². The lowest BCUT2D eigenvalue weighted by molar-refractivity contribution is 0.504. The summed E-state index contributed by atoms with van der Waals surface area (Å²) in [6.07, 6.45) is 0. The third-order valence-electron chi connectivity index (χ3n) is 1.85. The fourth-order valence-electron chi connectivity index (χ4n) is 1.14. The SMILES string of the molecule is Cn1c(=O)oc2c(F)c(Br)ccc21. The molecule has 0 saturated carbocycles. The van der Waals surface area contributed by atoms with E-state index in [-0.39, 0.29) is 10.1 Å². The van der Waals surface area contributed by atoms with Crippen molar-refractivity contribution in [2.75, 3.05) is 0 Å². The largest absolute Gasteiger partial charge is 0.419 e. The molecule has 1 heterocycles. The predicted octanol–water partition coefficient (Wildman–Crippen LogP) is 2.03. The lowest BCUT2D eigenvalue weighted by atomic mass is 10.3. The lowest BCUT2D eigenvalue weighted by Gasteiger charge is -1.94. The van der Waals surface area contributed by atoms with Gasteiger partial charge < -0.3 is 4.42 Å². The molecule has 0 spiro atoms. The molecule has 0 fully saturated rings. The molecule has 68 valence electrons. The number of aromatic nitrogens is 1. The average Bonchev–Trinajstić information content (AvgIpc) is 2.38. The van der Waals surface area contributed by atoms with Crippen molar-refractivity contribution in [2.24, 2.45) is 7.05 Å². The highest BCUT2D eigenvalue weighted by atomic mass is 79.9.